The molecule has 0 saturated carbocycles. The summed E-state index contributed by atoms with van der Waals surface area (Å²) in [5, 5.41) is 3.32. The number of rotatable bonds is 4. The van der Waals surface area contributed by atoms with Crippen molar-refractivity contribution < 1.29 is 4.79 Å². The van der Waals surface area contributed by atoms with Gasteiger partial charge in [0.15, 0.2) is 0 Å². The van der Waals surface area contributed by atoms with Crippen LogP contribution in [0.2, 0.25) is 0 Å². The molecule has 0 atom stereocenters. The van der Waals surface area contributed by atoms with Crippen LogP contribution in [0, 0.1) is 6.92 Å². The van der Waals surface area contributed by atoms with Crippen molar-refractivity contribution in [1.82, 2.24) is 9.97 Å². The Kier molecular flexibility index (Phi) is 3.61. The predicted molar refractivity (Wildman–Crippen MR) is 95.3 cm³/mol. The number of hydrogen-bond donors (Lipinski definition) is 1. The van der Waals surface area contributed by atoms with Crippen molar-refractivity contribution in [1.29, 1.82) is 0 Å². The molecule has 0 spiro atoms. The van der Waals surface area contributed by atoms with Gasteiger partial charge in [-0.3, -0.25) is 4.79 Å². The van der Waals surface area contributed by atoms with Gasteiger partial charge in [-0.25, -0.2) is 9.97 Å². The number of fused-ring (bicyclic) bond motifs is 2. The zero-order valence-electron chi connectivity index (χ0n) is 13.5. The maximum absolute atomic E-state index is 12.2. The molecule has 3 aromatic rings. The quantitative estimate of drug-likeness (QED) is 0.803. The van der Waals surface area contributed by atoms with Crippen molar-refractivity contribution >= 4 is 28.4 Å². The number of aryl methyl sites for hydroxylation is 1. The summed E-state index contributed by atoms with van der Waals surface area (Å²) < 4.78 is 0. The van der Waals surface area contributed by atoms with Gasteiger partial charge >= 0.3 is 0 Å². The van der Waals surface area contributed by atoms with E-state index >= 15 is 0 Å². The summed E-state index contributed by atoms with van der Waals surface area (Å²) in [7, 11) is 0. The molecule has 0 unspecified atom stereocenters. The Morgan fingerprint density at radius 3 is 2.58 bits per heavy atom. The van der Waals surface area contributed by atoms with E-state index in [-0.39, 0.29) is 5.91 Å². The first kappa shape index (κ1) is 14.6. The highest BCUT2D eigenvalue weighted by atomic mass is 16.2. The van der Waals surface area contributed by atoms with Crippen LogP contribution in [0.4, 0.5) is 11.5 Å². The number of nitrogens with zero attached hydrogens (tertiary/aromatic N) is 3. The second-order valence-corrected chi connectivity index (χ2v) is 5.92. The van der Waals surface area contributed by atoms with Gasteiger partial charge in [-0.1, -0.05) is 30.3 Å². The molecule has 5 nitrogen and oxygen atoms in total. The standard InChI is InChI=1S/C19H18N4O/c1-13-19(22-16-8-4-3-7-15(16)21-13)20-10-11-23-17-9-5-2-6-14(17)12-18(23)24/h2-9H,10-12H2,1H3,(H,20,22). The lowest BCUT2D eigenvalue weighted by Crippen LogP contribution is -2.32. The highest BCUT2D eigenvalue weighted by Gasteiger charge is 2.26. The number of carbonyl (C=O) groups excluding carboxylic acids is 1. The molecule has 0 bridgehead atoms. The molecule has 1 N–H and O–H groups in total. The Bertz CT molecular complexity index is 922. The summed E-state index contributed by atoms with van der Waals surface area (Å²) in [6.07, 6.45) is 0.491. The van der Waals surface area contributed by atoms with E-state index in [0.717, 1.165) is 33.8 Å². The van der Waals surface area contributed by atoms with Gasteiger partial charge in [-0.15, -0.1) is 0 Å². The molecule has 0 aliphatic carbocycles. The van der Waals surface area contributed by atoms with E-state index in [0.29, 0.717) is 19.5 Å². The lowest BCUT2D eigenvalue weighted by molar-refractivity contribution is -0.117. The Labute approximate surface area is 140 Å². The smallest absolute Gasteiger partial charge is 0.231 e. The second kappa shape index (κ2) is 5.92. The van der Waals surface area contributed by atoms with Crippen LogP contribution in [0.5, 0.6) is 0 Å². The fraction of sp³-hybridized carbons (Fsp3) is 0.211. The molecule has 4 rings (SSSR count). The van der Waals surface area contributed by atoms with Crippen LogP contribution in [0.15, 0.2) is 48.5 Å². The molecule has 2 aromatic carbocycles. The lowest BCUT2D eigenvalue weighted by Gasteiger charge is -2.18. The second-order valence-electron chi connectivity index (χ2n) is 5.92. The summed E-state index contributed by atoms with van der Waals surface area (Å²) >= 11 is 0. The lowest BCUT2D eigenvalue weighted by atomic mass is 10.2. The third-order valence-corrected chi connectivity index (χ3v) is 4.30. The van der Waals surface area contributed by atoms with E-state index in [1.807, 2.05) is 60.4 Å². The van der Waals surface area contributed by atoms with Gasteiger partial charge in [0.1, 0.15) is 5.82 Å². The summed E-state index contributed by atoms with van der Waals surface area (Å²) in [5.41, 5.74) is 4.74. The van der Waals surface area contributed by atoms with Gasteiger partial charge in [-0.2, -0.15) is 0 Å². The first-order chi connectivity index (χ1) is 11.7. The van der Waals surface area contributed by atoms with Crippen LogP contribution in [0.25, 0.3) is 11.0 Å². The molecule has 5 heteroatoms. The first-order valence-electron chi connectivity index (χ1n) is 8.08. The normalized spacial score (nSPS) is 13.4. The number of para-hydroxylation sites is 3. The van der Waals surface area contributed by atoms with E-state index in [1.54, 1.807) is 0 Å². The van der Waals surface area contributed by atoms with Gasteiger partial charge in [0.2, 0.25) is 5.91 Å². The Morgan fingerprint density at radius 1 is 1.04 bits per heavy atom. The molecule has 1 aliphatic rings. The fourth-order valence-electron chi connectivity index (χ4n) is 3.10. The number of carbonyl (C=O) groups is 1. The molecule has 0 fully saturated rings. The summed E-state index contributed by atoms with van der Waals surface area (Å²) in [4.78, 5) is 23.2. The monoisotopic (exact) mass is 318 g/mol. The van der Waals surface area contributed by atoms with Gasteiger partial charge in [0.05, 0.1) is 23.1 Å². The van der Waals surface area contributed by atoms with E-state index in [9.17, 15) is 4.79 Å². The molecule has 1 aromatic heterocycles. The molecular weight excluding hydrogens is 300 g/mol. The number of nitrogens with one attached hydrogen (secondary N) is 1. The minimum atomic E-state index is 0.152. The summed E-state index contributed by atoms with van der Waals surface area (Å²) in [6.45, 7) is 3.19. The molecule has 1 amide bonds. The zero-order chi connectivity index (χ0) is 16.5. The van der Waals surface area contributed by atoms with Crippen molar-refractivity contribution in [3.8, 4) is 0 Å². The highest BCUT2D eigenvalue weighted by Crippen LogP contribution is 2.28. The predicted octanol–water partition coefficient (Wildman–Crippen LogP) is 2.94. The minimum Gasteiger partial charge on any atom is -0.367 e. The van der Waals surface area contributed by atoms with Crippen LogP contribution in [0.3, 0.4) is 0 Å². The third kappa shape index (κ3) is 2.58. The Hall–Kier alpha value is -2.95. The molecule has 0 radical (unpaired) electrons. The van der Waals surface area contributed by atoms with E-state index in [4.69, 9.17) is 0 Å². The van der Waals surface area contributed by atoms with E-state index in [2.05, 4.69) is 15.3 Å². The van der Waals surface area contributed by atoms with Crippen molar-refractivity contribution in [2.75, 3.05) is 23.3 Å². The highest BCUT2D eigenvalue weighted by molar-refractivity contribution is 6.01. The SMILES string of the molecule is Cc1nc2ccccc2nc1NCCN1C(=O)Cc2ccccc21. The number of anilines is 2. The first-order valence-corrected chi connectivity index (χ1v) is 8.08. The number of hydrogen-bond acceptors (Lipinski definition) is 4. The molecule has 0 saturated heterocycles. The van der Waals surface area contributed by atoms with Crippen LogP contribution in [-0.2, 0) is 11.2 Å². The zero-order valence-corrected chi connectivity index (χ0v) is 13.5. The topological polar surface area (TPSA) is 58.1 Å². The molecule has 120 valence electrons. The number of amides is 1. The van der Waals surface area contributed by atoms with Crippen molar-refractivity contribution in [2.24, 2.45) is 0 Å². The largest absolute Gasteiger partial charge is 0.367 e. The van der Waals surface area contributed by atoms with Crippen LogP contribution in [0.1, 0.15) is 11.3 Å². The summed E-state index contributed by atoms with van der Waals surface area (Å²) in [6, 6.07) is 15.8. The maximum atomic E-state index is 12.2. The summed E-state index contributed by atoms with van der Waals surface area (Å²) in [5.74, 6) is 0.924. The Balaban J connectivity index is 1.48. The van der Waals surface area contributed by atoms with Crippen molar-refractivity contribution in [3.05, 3.63) is 59.8 Å². The molecule has 1 aliphatic heterocycles. The van der Waals surface area contributed by atoms with Crippen molar-refractivity contribution in [3.63, 3.8) is 0 Å². The van der Waals surface area contributed by atoms with Crippen LogP contribution in [-0.4, -0.2) is 29.0 Å². The minimum absolute atomic E-state index is 0.152. The molecular formula is C19H18N4O. The van der Waals surface area contributed by atoms with Crippen LogP contribution < -0.4 is 10.2 Å². The maximum Gasteiger partial charge on any atom is 0.231 e. The average Bonchev–Trinajstić information content (AvgIpc) is 2.91. The van der Waals surface area contributed by atoms with Gasteiger partial charge in [-0.05, 0) is 30.7 Å². The Morgan fingerprint density at radius 2 is 1.75 bits per heavy atom. The molecule has 2 heterocycles. The number of aromatic nitrogens is 2. The number of benzene rings is 2. The van der Waals surface area contributed by atoms with E-state index in [1.165, 1.54) is 0 Å². The van der Waals surface area contributed by atoms with Crippen molar-refractivity contribution in [2.45, 2.75) is 13.3 Å². The fourth-order valence-corrected chi connectivity index (χ4v) is 3.10. The van der Waals surface area contributed by atoms with Crippen LogP contribution >= 0.6 is 0 Å². The molecule has 24 heavy (non-hydrogen) atoms. The average molecular weight is 318 g/mol. The van der Waals surface area contributed by atoms with Gasteiger partial charge in [0.25, 0.3) is 0 Å². The third-order valence-electron chi connectivity index (χ3n) is 4.30. The van der Waals surface area contributed by atoms with E-state index < -0.39 is 0 Å². The van der Waals surface area contributed by atoms with Gasteiger partial charge in [0, 0.05) is 18.8 Å². The van der Waals surface area contributed by atoms with Gasteiger partial charge < -0.3 is 10.2 Å².